The Hall–Kier alpha value is -2.69. The Kier molecular flexibility index (Phi) is 4.10. The molecule has 5 heteroatoms. The van der Waals surface area contributed by atoms with Crippen molar-refractivity contribution in [2.75, 3.05) is 7.11 Å². The minimum atomic E-state index is -0.377. The van der Waals surface area contributed by atoms with Crippen molar-refractivity contribution in [1.29, 1.82) is 0 Å². The minimum Gasteiger partial charge on any atom is -0.508 e. The standard InChI is InChI=1S/C15H15NO4/c1-20-12-6-7-13(14(18)8-12)15(19)16-9-10-2-4-11(17)5-3-10/h2-8,17-18H,9H2,1H3,(H,16,19). The van der Waals surface area contributed by atoms with Crippen LogP contribution in [0, 0.1) is 0 Å². The van der Waals surface area contributed by atoms with E-state index >= 15 is 0 Å². The molecule has 0 aliphatic carbocycles. The first kappa shape index (κ1) is 13.7. The maximum Gasteiger partial charge on any atom is 0.255 e. The molecule has 3 N–H and O–H groups in total. The van der Waals surface area contributed by atoms with Crippen LogP contribution in [0.25, 0.3) is 0 Å². The van der Waals surface area contributed by atoms with Crippen LogP contribution >= 0.6 is 0 Å². The molecule has 2 rings (SSSR count). The summed E-state index contributed by atoms with van der Waals surface area (Å²) in [4.78, 5) is 11.9. The molecular formula is C15H15NO4. The number of carbonyl (C=O) groups excluding carboxylic acids is 1. The molecule has 20 heavy (non-hydrogen) atoms. The molecule has 0 bridgehead atoms. The van der Waals surface area contributed by atoms with Gasteiger partial charge in [-0.15, -0.1) is 0 Å². The molecule has 2 aromatic carbocycles. The fourth-order valence-corrected chi connectivity index (χ4v) is 1.72. The Morgan fingerprint density at radius 1 is 1.15 bits per heavy atom. The SMILES string of the molecule is COc1ccc(C(=O)NCc2ccc(O)cc2)c(O)c1. The van der Waals surface area contributed by atoms with E-state index in [4.69, 9.17) is 9.84 Å². The van der Waals surface area contributed by atoms with Gasteiger partial charge in [-0.2, -0.15) is 0 Å². The molecule has 0 heterocycles. The number of aromatic hydroxyl groups is 2. The Morgan fingerprint density at radius 2 is 1.85 bits per heavy atom. The number of methoxy groups -OCH3 is 1. The van der Waals surface area contributed by atoms with Crippen LogP contribution in [0.5, 0.6) is 17.2 Å². The van der Waals surface area contributed by atoms with E-state index in [1.807, 2.05) is 0 Å². The topological polar surface area (TPSA) is 78.8 Å². The van der Waals surface area contributed by atoms with Crippen molar-refractivity contribution in [2.24, 2.45) is 0 Å². The number of phenolic OH excluding ortho intramolecular Hbond substituents is 2. The molecule has 0 saturated carbocycles. The van der Waals surface area contributed by atoms with E-state index in [0.717, 1.165) is 5.56 Å². The Bertz CT molecular complexity index is 608. The van der Waals surface area contributed by atoms with Crippen LogP contribution in [-0.2, 0) is 6.54 Å². The lowest BCUT2D eigenvalue weighted by molar-refractivity contribution is 0.0948. The second-order valence-corrected chi connectivity index (χ2v) is 4.23. The van der Waals surface area contributed by atoms with Crippen LogP contribution in [-0.4, -0.2) is 23.2 Å². The third kappa shape index (κ3) is 3.20. The molecule has 2 aromatic rings. The van der Waals surface area contributed by atoms with Crippen molar-refractivity contribution >= 4 is 5.91 Å². The van der Waals surface area contributed by atoms with Crippen molar-refractivity contribution in [3.05, 3.63) is 53.6 Å². The number of amides is 1. The molecule has 1 amide bonds. The summed E-state index contributed by atoms with van der Waals surface area (Å²) >= 11 is 0. The first-order chi connectivity index (χ1) is 9.60. The van der Waals surface area contributed by atoms with Crippen molar-refractivity contribution < 1.29 is 19.7 Å². The van der Waals surface area contributed by atoms with E-state index in [-0.39, 0.29) is 23.0 Å². The second kappa shape index (κ2) is 5.97. The zero-order chi connectivity index (χ0) is 14.5. The average Bonchev–Trinajstić information content (AvgIpc) is 2.46. The minimum absolute atomic E-state index is 0.132. The first-order valence-corrected chi connectivity index (χ1v) is 6.03. The van der Waals surface area contributed by atoms with Crippen LogP contribution in [0.3, 0.4) is 0 Å². The van der Waals surface area contributed by atoms with Crippen LogP contribution in [0.15, 0.2) is 42.5 Å². The molecule has 0 unspecified atom stereocenters. The molecule has 0 aliphatic heterocycles. The van der Waals surface area contributed by atoms with Crippen molar-refractivity contribution in [3.8, 4) is 17.2 Å². The number of benzene rings is 2. The summed E-state index contributed by atoms with van der Waals surface area (Å²) in [6, 6.07) is 11.0. The van der Waals surface area contributed by atoms with E-state index in [1.165, 1.54) is 19.2 Å². The molecular weight excluding hydrogens is 258 g/mol. The number of hydrogen-bond acceptors (Lipinski definition) is 4. The third-order valence-electron chi connectivity index (χ3n) is 2.84. The Morgan fingerprint density at radius 3 is 2.45 bits per heavy atom. The Labute approximate surface area is 116 Å². The highest BCUT2D eigenvalue weighted by atomic mass is 16.5. The normalized spacial score (nSPS) is 10.1. The van der Waals surface area contributed by atoms with Gasteiger partial charge in [0.25, 0.3) is 5.91 Å². The van der Waals surface area contributed by atoms with Crippen LogP contribution in [0.2, 0.25) is 0 Å². The van der Waals surface area contributed by atoms with Crippen molar-refractivity contribution in [3.63, 3.8) is 0 Å². The summed E-state index contributed by atoms with van der Waals surface area (Å²) in [6.45, 7) is 0.310. The van der Waals surface area contributed by atoms with Gasteiger partial charge in [0.05, 0.1) is 12.7 Å². The highest BCUT2D eigenvalue weighted by Gasteiger charge is 2.11. The molecule has 0 aromatic heterocycles. The van der Waals surface area contributed by atoms with Gasteiger partial charge >= 0.3 is 0 Å². The maximum absolute atomic E-state index is 11.9. The first-order valence-electron chi connectivity index (χ1n) is 6.03. The van der Waals surface area contributed by atoms with Gasteiger partial charge in [0.15, 0.2) is 0 Å². The predicted molar refractivity (Wildman–Crippen MR) is 73.9 cm³/mol. The Balaban J connectivity index is 2.03. The highest BCUT2D eigenvalue weighted by Crippen LogP contribution is 2.23. The van der Waals surface area contributed by atoms with Gasteiger partial charge in [0.2, 0.25) is 0 Å². The van der Waals surface area contributed by atoms with Gasteiger partial charge in [0, 0.05) is 12.6 Å². The van der Waals surface area contributed by atoms with Gasteiger partial charge in [0.1, 0.15) is 17.2 Å². The van der Waals surface area contributed by atoms with Crippen LogP contribution < -0.4 is 10.1 Å². The van der Waals surface area contributed by atoms with Gasteiger partial charge in [-0.05, 0) is 29.8 Å². The number of phenols is 2. The second-order valence-electron chi connectivity index (χ2n) is 4.23. The largest absolute Gasteiger partial charge is 0.508 e. The number of hydrogen-bond donors (Lipinski definition) is 3. The summed E-state index contributed by atoms with van der Waals surface area (Å²) in [7, 11) is 1.49. The molecule has 0 spiro atoms. The van der Waals surface area contributed by atoms with Crippen LogP contribution in [0.1, 0.15) is 15.9 Å². The third-order valence-corrected chi connectivity index (χ3v) is 2.84. The molecule has 5 nitrogen and oxygen atoms in total. The zero-order valence-electron chi connectivity index (χ0n) is 11.0. The monoisotopic (exact) mass is 273 g/mol. The lowest BCUT2D eigenvalue weighted by atomic mass is 10.1. The zero-order valence-corrected chi connectivity index (χ0v) is 11.0. The van der Waals surface area contributed by atoms with E-state index in [1.54, 1.807) is 30.3 Å². The summed E-state index contributed by atoms with van der Waals surface area (Å²) in [5, 5.41) is 21.6. The van der Waals surface area contributed by atoms with Gasteiger partial charge < -0.3 is 20.3 Å². The number of rotatable bonds is 4. The lowest BCUT2D eigenvalue weighted by Gasteiger charge is -2.08. The fraction of sp³-hybridized carbons (Fsp3) is 0.133. The lowest BCUT2D eigenvalue weighted by Crippen LogP contribution is -2.22. The summed E-state index contributed by atoms with van der Waals surface area (Å²) < 4.78 is 4.95. The van der Waals surface area contributed by atoms with Crippen molar-refractivity contribution in [2.45, 2.75) is 6.54 Å². The van der Waals surface area contributed by atoms with E-state index in [0.29, 0.717) is 12.3 Å². The summed E-state index contributed by atoms with van der Waals surface area (Å²) in [6.07, 6.45) is 0. The van der Waals surface area contributed by atoms with Gasteiger partial charge in [-0.1, -0.05) is 12.1 Å². The fourth-order valence-electron chi connectivity index (χ4n) is 1.72. The molecule has 0 atom stereocenters. The van der Waals surface area contributed by atoms with Crippen molar-refractivity contribution in [1.82, 2.24) is 5.32 Å². The highest BCUT2D eigenvalue weighted by molar-refractivity contribution is 5.96. The predicted octanol–water partition coefficient (Wildman–Crippen LogP) is 2.04. The number of nitrogens with one attached hydrogen (secondary N) is 1. The smallest absolute Gasteiger partial charge is 0.255 e. The van der Waals surface area contributed by atoms with E-state index < -0.39 is 0 Å². The molecule has 104 valence electrons. The van der Waals surface area contributed by atoms with Gasteiger partial charge in [-0.25, -0.2) is 0 Å². The molecule has 0 aliphatic rings. The summed E-state index contributed by atoms with van der Waals surface area (Å²) in [5.41, 5.74) is 1.04. The number of carbonyl (C=O) groups is 1. The molecule has 0 fully saturated rings. The average molecular weight is 273 g/mol. The summed E-state index contributed by atoms with van der Waals surface area (Å²) in [5.74, 6) is 0.149. The number of ether oxygens (including phenoxy) is 1. The van der Waals surface area contributed by atoms with E-state index in [9.17, 15) is 9.90 Å². The molecule has 0 radical (unpaired) electrons. The molecule has 0 saturated heterocycles. The quantitative estimate of drug-likeness (QED) is 0.796. The maximum atomic E-state index is 11.9. The van der Waals surface area contributed by atoms with Crippen LogP contribution in [0.4, 0.5) is 0 Å². The van der Waals surface area contributed by atoms with Gasteiger partial charge in [-0.3, -0.25) is 4.79 Å². The van der Waals surface area contributed by atoms with E-state index in [2.05, 4.69) is 5.32 Å².